The van der Waals surface area contributed by atoms with E-state index in [0.717, 1.165) is 23.5 Å². The fraction of sp³-hybridized carbons (Fsp3) is 0.300. The van der Waals surface area contributed by atoms with Gasteiger partial charge in [0.05, 0.1) is 13.2 Å². The van der Waals surface area contributed by atoms with Crippen LogP contribution < -0.4 is 19.9 Å². The third-order valence-corrected chi connectivity index (χ3v) is 4.97. The molecule has 6 heteroatoms. The normalized spacial score (nSPS) is 18.8. The molecular weight excluding hydrogens is 330 g/mol. The number of methoxy groups -OCH3 is 1. The van der Waals surface area contributed by atoms with Crippen LogP contribution in [0.25, 0.3) is 0 Å². The molecule has 4 rings (SSSR count). The fourth-order valence-corrected chi connectivity index (χ4v) is 3.62. The van der Waals surface area contributed by atoms with Crippen molar-refractivity contribution < 1.29 is 14.3 Å². The van der Waals surface area contributed by atoms with Crippen LogP contribution in [0.3, 0.4) is 0 Å². The number of fused-ring (bicyclic) bond motifs is 1. The summed E-state index contributed by atoms with van der Waals surface area (Å²) in [4.78, 5) is 28.5. The summed E-state index contributed by atoms with van der Waals surface area (Å²) in [5.74, 6) is 0.764. The van der Waals surface area contributed by atoms with Crippen LogP contribution >= 0.6 is 0 Å². The number of hydrogen-bond donors (Lipinski definition) is 1. The van der Waals surface area contributed by atoms with Gasteiger partial charge >= 0.3 is 6.03 Å². The summed E-state index contributed by atoms with van der Waals surface area (Å²) in [6, 6.07) is 15.0. The van der Waals surface area contributed by atoms with Gasteiger partial charge in [0.2, 0.25) is 5.91 Å². The second kappa shape index (κ2) is 6.71. The van der Waals surface area contributed by atoms with Crippen molar-refractivity contribution in [2.24, 2.45) is 0 Å². The number of nitrogens with zero attached hydrogens (tertiary/aromatic N) is 2. The molecule has 0 bridgehead atoms. The lowest BCUT2D eigenvalue weighted by Crippen LogP contribution is -2.45. The number of anilines is 2. The van der Waals surface area contributed by atoms with Gasteiger partial charge in [-0.2, -0.15) is 0 Å². The maximum Gasteiger partial charge on any atom is 0.322 e. The van der Waals surface area contributed by atoms with Crippen LogP contribution in [-0.4, -0.2) is 38.2 Å². The van der Waals surface area contributed by atoms with Crippen molar-refractivity contribution >= 4 is 23.3 Å². The van der Waals surface area contributed by atoms with Crippen LogP contribution in [-0.2, 0) is 11.2 Å². The number of benzene rings is 2. The number of ether oxygens (including phenoxy) is 1. The second-order valence-electron chi connectivity index (χ2n) is 6.58. The standard InChI is InChI=1S/C20H21N3O3/c1-26-17-8-6-16(7-9-17)23-13-15(12-19(23)24)21-20(25)22-11-10-14-4-2-3-5-18(14)22/h2-9,15H,10-13H2,1H3,(H,21,25)/t15-/m0/s1. The maximum absolute atomic E-state index is 12.7. The number of urea groups is 1. The number of hydrogen-bond acceptors (Lipinski definition) is 3. The zero-order valence-corrected chi connectivity index (χ0v) is 14.6. The molecule has 0 aliphatic carbocycles. The Hall–Kier alpha value is -3.02. The van der Waals surface area contributed by atoms with E-state index in [1.54, 1.807) is 16.9 Å². The number of carbonyl (C=O) groups excluding carboxylic acids is 2. The van der Waals surface area contributed by atoms with E-state index in [9.17, 15) is 9.59 Å². The van der Waals surface area contributed by atoms with Crippen LogP contribution in [0.4, 0.5) is 16.2 Å². The molecule has 2 aliphatic heterocycles. The first-order chi connectivity index (χ1) is 12.7. The highest BCUT2D eigenvalue weighted by atomic mass is 16.5. The Kier molecular flexibility index (Phi) is 4.24. The number of carbonyl (C=O) groups is 2. The van der Waals surface area contributed by atoms with E-state index in [1.807, 2.05) is 48.5 Å². The quantitative estimate of drug-likeness (QED) is 0.924. The predicted octanol–water partition coefficient (Wildman–Crippen LogP) is 2.57. The van der Waals surface area contributed by atoms with Gasteiger partial charge in [0, 0.05) is 30.9 Å². The number of amides is 3. The third kappa shape index (κ3) is 2.98. The van der Waals surface area contributed by atoms with E-state index in [0.29, 0.717) is 19.5 Å². The zero-order chi connectivity index (χ0) is 18.1. The highest BCUT2D eigenvalue weighted by molar-refractivity contribution is 5.98. The molecule has 26 heavy (non-hydrogen) atoms. The first-order valence-corrected chi connectivity index (χ1v) is 8.76. The third-order valence-electron chi connectivity index (χ3n) is 4.97. The highest BCUT2D eigenvalue weighted by Gasteiger charge is 2.33. The molecule has 0 saturated carbocycles. The Morgan fingerprint density at radius 1 is 1.15 bits per heavy atom. The molecule has 0 aromatic heterocycles. The van der Waals surface area contributed by atoms with Gasteiger partial charge in [0.1, 0.15) is 5.75 Å². The monoisotopic (exact) mass is 351 g/mol. The van der Waals surface area contributed by atoms with Crippen LogP contribution in [0.1, 0.15) is 12.0 Å². The molecule has 2 heterocycles. The number of para-hydroxylation sites is 1. The van der Waals surface area contributed by atoms with Crippen LogP contribution in [0.2, 0.25) is 0 Å². The molecule has 1 N–H and O–H groups in total. The largest absolute Gasteiger partial charge is 0.497 e. The lowest BCUT2D eigenvalue weighted by molar-refractivity contribution is -0.117. The Balaban J connectivity index is 1.42. The Labute approximate surface area is 152 Å². The first-order valence-electron chi connectivity index (χ1n) is 8.76. The molecule has 0 radical (unpaired) electrons. The minimum Gasteiger partial charge on any atom is -0.497 e. The molecule has 134 valence electrons. The van der Waals surface area contributed by atoms with Gasteiger partial charge in [-0.05, 0) is 42.3 Å². The van der Waals surface area contributed by atoms with Crippen molar-refractivity contribution in [1.29, 1.82) is 0 Å². The lowest BCUT2D eigenvalue weighted by atomic mass is 10.2. The Bertz CT molecular complexity index is 834. The lowest BCUT2D eigenvalue weighted by Gasteiger charge is -2.21. The average molecular weight is 351 g/mol. The van der Waals surface area contributed by atoms with Gasteiger partial charge in [-0.15, -0.1) is 0 Å². The van der Waals surface area contributed by atoms with Crippen molar-refractivity contribution in [1.82, 2.24) is 5.32 Å². The molecule has 3 amide bonds. The molecule has 0 unspecified atom stereocenters. The van der Waals surface area contributed by atoms with Gasteiger partial charge < -0.3 is 15.0 Å². The van der Waals surface area contributed by atoms with Crippen molar-refractivity contribution in [3.63, 3.8) is 0 Å². The Morgan fingerprint density at radius 2 is 1.92 bits per heavy atom. The first kappa shape index (κ1) is 16.4. The van der Waals surface area contributed by atoms with E-state index >= 15 is 0 Å². The minimum atomic E-state index is -0.190. The number of nitrogens with one attached hydrogen (secondary N) is 1. The van der Waals surface area contributed by atoms with E-state index < -0.39 is 0 Å². The van der Waals surface area contributed by atoms with E-state index in [-0.39, 0.29) is 18.0 Å². The summed E-state index contributed by atoms with van der Waals surface area (Å²) in [5.41, 5.74) is 2.96. The number of rotatable bonds is 3. The molecule has 1 atom stereocenters. The van der Waals surface area contributed by atoms with Gasteiger partial charge in [-0.3, -0.25) is 9.69 Å². The summed E-state index contributed by atoms with van der Waals surface area (Å²) in [7, 11) is 1.61. The predicted molar refractivity (Wildman–Crippen MR) is 99.8 cm³/mol. The van der Waals surface area contributed by atoms with Gasteiger partial charge in [0.15, 0.2) is 0 Å². The van der Waals surface area contributed by atoms with Crippen molar-refractivity contribution in [2.45, 2.75) is 18.9 Å². The minimum absolute atomic E-state index is 0.0160. The van der Waals surface area contributed by atoms with Crippen LogP contribution in [0.15, 0.2) is 48.5 Å². The zero-order valence-electron chi connectivity index (χ0n) is 14.6. The van der Waals surface area contributed by atoms with Crippen molar-refractivity contribution in [3.05, 3.63) is 54.1 Å². The average Bonchev–Trinajstić information content (AvgIpc) is 3.25. The molecule has 0 spiro atoms. The molecular formula is C20H21N3O3. The fourth-order valence-electron chi connectivity index (χ4n) is 3.62. The molecule has 1 fully saturated rings. The topological polar surface area (TPSA) is 61.9 Å². The van der Waals surface area contributed by atoms with Crippen molar-refractivity contribution in [2.75, 3.05) is 30.0 Å². The van der Waals surface area contributed by atoms with Gasteiger partial charge in [-0.25, -0.2) is 4.79 Å². The summed E-state index contributed by atoms with van der Waals surface area (Å²) >= 11 is 0. The molecule has 6 nitrogen and oxygen atoms in total. The summed E-state index contributed by atoms with van der Waals surface area (Å²) < 4.78 is 5.15. The molecule has 2 aromatic rings. The summed E-state index contributed by atoms with van der Waals surface area (Å²) in [6.07, 6.45) is 1.18. The molecule has 1 saturated heterocycles. The van der Waals surface area contributed by atoms with Crippen LogP contribution in [0.5, 0.6) is 5.75 Å². The summed E-state index contributed by atoms with van der Waals surface area (Å²) in [6.45, 7) is 1.15. The van der Waals surface area contributed by atoms with Crippen LogP contribution in [0, 0.1) is 0 Å². The maximum atomic E-state index is 12.7. The smallest absolute Gasteiger partial charge is 0.322 e. The Morgan fingerprint density at radius 3 is 2.69 bits per heavy atom. The van der Waals surface area contributed by atoms with Gasteiger partial charge in [0.25, 0.3) is 0 Å². The molecule has 2 aromatic carbocycles. The van der Waals surface area contributed by atoms with E-state index in [4.69, 9.17) is 4.74 Å². The van der Waals surface area contributed by atoms with E-state index in [1.165, 1.54) is 5.56 Å². The molecule has 2 aliphatic rings. The SMILES string of the molecule is COc1ccc(N2C[C@@H](NC(=O)N3CCc4ccccc43)CC2=O)cc1. The summed E-state index contributed by atoms with van der Waals surface area (Å²) in [5, 5.41) is 3.01. The van der Waals surface area contributed by atoms with E-state index in [2.05, 4.69) is 5.32 Å². The van der Waals surface area contributed by atoms with Gasteiger partial charge in [-0.1, -0.05) is 18.2 Å². The second-order valence-corrected chi connectivity index (χ2v) is 6.58. The highest BCUT2D eigenvalue weighted by Crippen LogP contribution is 2.28. The van der Waals surface area contributed by atoms with Crippen molar-refractivity contribution in [3.8, 4) is 5.75 Å².